The van der Waals surface area contributed by atoms with Crippen LogP contribution in [0.25, 0.3) is 0 Å². The summed E-state index contributed by atoms with van der Waals surface area (Å²) in [6.07, 6.45) is 3.07. The molecule has 0 heterocycles. The molecule has 0 spiro atoms. The van der Waals surface area contributed by atoms with E-state index in [0.29, 0.717) is 23.9 Å². The van der Waals surface area contributed by atoms with Crippen molar-refractivity contribution in [3.8, 4) is 11.8 Å². The highest BCUT2D eigenvalue weighted by Crippen LogP contribution is 2.15. The zero-order chi connectivity index (χ0) is 15.1. The molecule has 1 atom stereocenters. The zero-order valence-corrected chi connectivity index (χ0v) is 12.1. The van der Waals surface area contributed by atoms with Crippen LogP contribution in [0.2, 0.25) is 0 Å². The lowest BCUT2D eigenvalue weighted by atomic mass is 9.93. The first-order chi connectivity index (χ1) is 10.2. The number of hydrogen-bond donors (Lipinski definition) is 3. The third-order valence-electron chi connectivity index (χ3n) is 3.91. The monoisotopic (exact) mass is 291 g/mol. The highest BCUT2D eigenvalue weighted by atomic mass is 16.5. The number of ether oxygens (including phenoxy) is 1. The maximum absolute atomic E-state index is 9.94. The van der Waals surface area contributed by atoms with E-state index < -0.39 is 6.10 Å². The molecule has 0 bridgehead atoms. The van der Waals surface area contributed by atoms with Gasteiger partial charge in [0.25, 0.3) is 0 Å². The van der Waals surface area contributed by atoms with Crippen LogP contribution < -0.4 is 10.1 Å². The minimum Gasteiger partial charge on any atom is -0.491 e. The molecule has 1 fully saturated rings. The molecule has 4 N–H and O–H groups in total. The number of aliphatic hydroxyl groups excluding tert-OH is 2. The Morgan fingerprint density at radius 1 is 1.24 bits per heavy atom. The van der Waals surface area contributed by atoms with Crippen LogP contribution in [-0.4, -0.2) is 41.6 Å². The molecule has 1 aliphatic carbocycles. The second-order valence-electron chi connectivity index (χ2n) is 5.64. The van der Waals surface area contributed by atoms with Crippen LogP contribution in [0.4, 0.5) is 0 Å². The summed E-state index contributed by atoms with van der Waals surface area (Å²) in [6, 6.07) is 9.41. The van der Waals surface area contributed by atoms with Crippen LogP contribution >= 0.6 is 0 Å². The molecular formula is C16H23N2O3+. The maximum atomic E-state index is 9.94. The van der Waals surface area contributed by atoms with Gasteiger partial charge in [-0.3, -0.25) is 0 Å². The molecular weight excluding hydrogens is 268 g/mol. The Balaban J connectivity index is 1.65. The van der Waals surface area contributed by atoms with Crippen LogP contribution in [0.15, 0.2) is 24.3 Å². The van der Waals surface area contributed by atoms with Gasteiger partial charge in [0, 0.05) is 12.8 Å². The molecule has 0 aliphatic heterocycles. The quantitative estimate of drug-likeness (QED) is 0.696. The van der Waals surface area contributed by atoms with Crippen LogP contribution in [0, 0.1) is 11.3 Å². The van der Waals surface area contributed by atoms with E-state index in [1.54, 1.807) is 24.3 Å². The normalized spacial score (nSPS) is 23.3. The Bertz CT molecular complexity index is 461. The molecule has 1 saturated carbocycles. The molecule has 0 amide bonds. The van der Waals surface area contributed by atoms with Crippen molar-refractivity contribution in [1.82, 2.24) is 0 Å². The third-order valence-corrected chi connectivity index (χ3v) is 3.91. The predicted molar refractivity (Wildman–Crippen MR) is 77.7 cm³/mol. The van der Waals surface area contributed by atoms with Crippen LogP contribution in [0.5, 0.6) is 5.75 Å². The molecule has 0 aromatic heterocycles. The van der Waals surface area contributed by atoms with E-state index in [-0.39, 0.29) is 12.7 Å². The number of benzene rings is 1. The lowest BCUT2D eigenvalue weighted by Crippen LogP contribution is -2.92. The first-order valence-corrected chi connectivity index (χ1v) is 7.50. The van der Waals surface area contributed by atoms with E-state index in [4.69, 9.17) is 10.00 Å². The predicted octanol–water partition coefficient (Wildman–Crippen LogP) is 0.165. The molecule has 0 unspecified atom stereocenters. The molecule has 0 saturated heterocycles. The van der Waals surface area contributed by atoms with E-state index in [1.165, 1.54) is 0 Å². The van der Waals surface area contributed by atoms with Gasteiger partial charge in [0.15, 0.2) is 0 Å². The summed E-state index contributed by atoms with van der Waals surface area (Å²) in [5.74, 6) is 0.661. The maximum Gasteiger partial charge on any atom is 0.137 e. The second-order valence-corrected chi connectivity index (χ2v) is 5.64. The topological polar surface area (TPSA) is 90.1 Å². The average Bonchev–Trinajstić information content (AvgIpc) is 2.53. The number of hydrogen-bond acceptors (Lipinski definition) is 4. The van der Waals surface area contributed by atoms with Crippen molar-refractivity contribution in [3.63, 3.8) is 0 Å². The molecule has 5 heteroatoms. The minimum absolute atomic E-state index is 0.140. The van der Waals surface area contributed by atoms with Gasteiger partial charge >= 0.3 is 0 Å². The number of quaternary nitrogens is 1. The van der Waals surface area contributed by atoms with Crippen molar-refractivity contribution in [2.75, 3.05) is 13.2 Å². The van der Waals surface area contributed by atoms with Gasteiger partial charge in [-0.15, -0.1) is 0 Å². The fourth-order valence-electron chi connectivity index (χ4n) is 2.57. The van der Waals surface area contributed by atoms with Crippen molar-refractivity contribution in [2.24, 2.45) is 0 Å². The number of rotatable bonds is 6. The van der Waals surface area contributed by atoms with Crippen molar-refractivity contribution >= 4 is 0 Å². The Kier molecular flexibility index (Phi) is 6.00. The summed E-state index contributed by atoms with van der Waals surface area (Å²) in [5.41, 5.74) is 0.593. The van der Waals surface area contributed by atoms with Crippen LogP contribution in [0.3, 0.4) is 0 Å². The Hall–Kier alpha value is -1.61. The summed E-state index contributed by atoms with van der Waals surface area (Å²) >= 11 is 0. The van der Waals surface area contributed by atoms with E-state index >= 15 is 0 Å². The summed E-state index contributed by atoms with van der Waals surface area (Å²) in [7, 11) is 0. The van der Waals surface area contributed by atoms with Crippen molar-refractivity contribution in [3.05, 3.63) is 29.8 Å². The van der Waals surface area contributed by atoms with Gasteiger partial charge in [0.2, 0.25) is 0 Å². The minimum atomic E-state index is -0.521. The van der Waals surface area contributed by atoms with Gasteiger partial charge in [-0.2, -0.15) is 5.26 Å². The number of aliphatic hydroxyl groups is 2. The molecule has 5 nitrogen and oxygen atoms in total. The zero-order valence-electron chi connectivity index (χ0n) is 12.1. The number of nitrogens with zero attached hydrogens (tertiary/aromatic N) is 1. The van der Waals surface area contributed by atoms with E-state index in [1.807, 2.05) is 0 Å². The molecule has 1 aliphatic rings. The molecule has 2 rings (SSSR count). The van der Waals surface area contributed by atoms with Crippen LogP contribution in [0.1, 0.15) is 31.2 Å². The first-order valence-electron chi connectivity index (χ1n) is 7.50. The molecule has 0 radical (unpaired) electrons. The Morgan fingerprint density at radius 2 is 1.90 bits per heavy atom. The molecule has 1 aromatic carbocycles. The number of nitriles is 1. The van der Waals surface area contributed by atoms with Gasteiger partial charge < -0.3 is 20.3 Å². The fraction of sp³-hybridized carbons (Fsp3) is 0.562. The van der Waals surface area contributed by atoms with Gasteiger partial charge in [0.05, 0.1) is 23.8 Å². The summed E-state index contributed by atoms with van der Waals surface area (Å²) < 4.78 is 5.50. The molecule has 114 valence electrons. The van der Waals surface area contributed by atoms with Crippen molar-refractivity contribution in [1.29, 1.82) is 5.26 Å². The SMILES string of the molecule is N#Cc1ccc(OC[C@H](O)C[NH2+]C2CCC(O)CC2)cc1. The van der Waals surface area contributed by atoms with E-state index in [2.05, 4.69) is 11.4 Å². The standard InChI is InChI=1S/C16H22N2O3/c17-9-12-1-7-16(8-2-12)21-11-15(20)10-18-13-3-5-14(19)6-4-13/h1-2,7-8,13-15,18-20H,3-6,10-11H2/p+1/t13?,14?,15-/m1/s1. The lowest BCUT2D eigenvalue weighted by Gasteiger charge is -2.24. The van der Waals surface area contributed by atoms with Crippen molar-refractivity contribution in [2.45, 2.75) is 43.9 Å². The van der Waals surface area contributed by atoms with E-state index in [0.717, 1.165) is 25.7 Å². The van der Waals surface area contributed by atoms with Gasteiger partial charge in [0.1, 0.15) is 25.0 Å². The average molecular weight is 291 g/mol. The summed E-state index contributed by atoms with van der Waals surface area (Å²) in [6.45, 7) is 0.856. The largest absolute Gasteiger partial charge is 0.491 e. The molecule has 21 heavy (non-hydrogen) atoms. The van der Waals surface area contributed by atoms with Crippen molar-refractivity contribution < 1.29 is 20.3 Å². The smallest absolute Gasteiger partial charge is 0.137 e. The van der Waals surface area contributed by atoms with E-state index in [9.17, 15) is 10.2 Å². The first kappa shape index (κ1) is 15.8. The Labute approximate surface area is 125 Å². The van der Waals surface area contributed by atoms with Gasteiger partial charge in [-0.05, 0) is 37.1 Å². The Morgan fingerprint density at radius 3 is 2.52 bits per heavy atom. The van der Waals surface area contributed by atoms with Gasteiger partial charge in [-0.25, -0.2) is 0 Å². The summed E-state index contributed by atoms with van der Waals surface area (Å²) in [5, 5.41) is 30.2. The van der Waals surface area contributed by atoms with Crippen LogP contribution in [-0.2, 0) is 0 Å². The highest BCUT2D eigenvalue weighted by Gasteiger charge is 2.22. The third kappa shape index (κ3) is 5.35. The summed E-state index contributed by atoms with van der Waals surface area (Å²) in [4.78, 5) is 0. The second kappa shape index (κ2) is 7.99. The highest BCUT2D eigenvalue weighted by molar-refractivity contribution is 5.34. The lowest BCUT2D eigenvalue weighted by molar-refractivity contribution is -0.697. The fourth-order valence-corrected chi connectivity index (χ4v) is 2.57. The molecule has 1 aromatic rings. The van der Waals surface area contributed by atoms with Gasteiger partial charge in [-0.1, -0.05) is 0 Å². The number of nitrogens with two attached hydrogens (primary N) is 1.